The summed E-state index contributed by atoms with van der Waals surface area (Å²) in [5.74, 6) is -6.94. The zero-order valence-electron chi connectivity index (χ0n) is 37.9. The predicted molar refractivity (Wildman–Crippen MR) is 251 cm³/mol. The minimum atomic E-state index is -1.97. The number of thiazole rings is 1. The fraction of sp³-hybridized carbons (Fsp3) is 0.458. The van der Waals surface area contributed by atoms with E-state index >= 15 is 0 Å². The predicted octanol–water partition coefficient (Wildman–Crippen LogP) is 7.64. The van der Waals surface area contributed by atoms with Gasteiger partial charge in [0.1, 0.15) is 23.3 Å². The van der Waals surface area contributed by atoms with Crippen molar-refractivity contribution in [1.29, 1.82) is 0 Å². The number of allylic oxidation sites excluding steroid dienone is 2. The number of carbonyl (C=O) groups excluding carboxylic acids is 3. The van der Waals surface area contributed by atoms with Gasteiger partial charge in [-0.1, -0.05) is 68.9 Å². The highest BCUT2D eigenvalue weighted by Gasteiger charge is 2.50. The molecule has 3 aliphatic heterocycles. The first-order valence-corrected chi connectivity index (χ1v) is 22.9. The van der Waals surface area contributed by atoms with Gasteiger partial charge in [-0.2, -0.15) is 0 Å². The molecule has 7 rings (SSSR count). The molecule has 4 bridgehead atoms. The Kier molecular flexibility index (Phi) is 13.8. The van der Waals surface area contributed by atoms with Crippen LogP contribution in [-0.4, -0.2) is 107 Å². The summed E-state index contributed by atoms with van der Waals surface area (Å²) in [4.78, 5) is 50.6. The SMILES string of the molecule is CO[C@H]1/C=C/O[C@@]2(C)Oc3c(C)c(O)c4c(O)c(c5sc(N6CCN(c7ccc(Cl)cc7)CC6)nc5c4c3C2=O)NC(=O)/C(C)=C/C=C/[C@H](C)[C@H](O)[C@@H](C)[C@@H](O)[C@@H](C)[C@H](OC(C)=O)[C@@H]1C. The number of aromatic hydroxyl groups is 2. The summed E-state index contributed by atoms with van der Waals surface area (Å²) < 4.78 is 24.4. The number of hydrogen-bond acceptors (Lipinski definition) is 15. The topological polar surface area (TPSA) is 200 Å². The normalized spacial score (nSPS) is 29.9. The number of amides is 1. The van der Waals surface area contributed by atoms with Gasteiger partial charge in [0.25, 0.3) is 11.7 Å². The first-order chi connectivity index (χ1) is 30.8. The van der Waals surface area contributed by atoms with E-state index in [9.17, 15) is 34.8 Å². The Morgan fingerprint density at radius 1 is 0.938 bits per heavy atom. The molecule has 1 aromatic heterocycles. The van der Waals surface area contributed by atoms with Crippen LogP contribution in [0, 0.1) is 30.6 Å². The van der Waals surface area contributed by atoms with Gasteiger partial charge in [0, 0.05) is 98.0 Å². The molecule has 4 aromatic rings. The molecule has 15 nitrogen and oxygen atoms in total. The van der Waals surface area contributed by atoms with E-state index < -0.39 is 77.3 Å². The minimum absolute atomic E-state index is 0.00250. The fourth-order valence-corrected chi connectivity index (χ4v) is 10.3. The Morgan fingerprint density at radius 3 is 2.25 bits per heavy atom. The van der Waals surface area contributed by atoms with Gasteiger partial charge in [0.15, 0.2) is 10.9 Å². The van der Waals surface area contributed by atoms with Gasteiger partial charge in [0.2, 0.25) is 0 Å². The molecule has 3 aromatic carbocycles. The molecule has 0 radical (unpaired) electrons. The van der Waals surface area contributed by atoms with E-state index in [0.29, 0.717) is 41.0 Å². The lowest BCUT2D eigenvalue weighted by molar-refractivity contribution is -0.160. The highest BCUT2D eigenvalue weighted by molar-refractivity contribution is 7.23. The van der Waals surface area contributed by atoms with Crippen LogP contribution in [0.25, 0.3) is 21.0 Å². The standard InChI is InChI=1S/C48H57ClN4O11S/c1-23-11-10-12-24(2)46(60)50-37-41(58)34-33(36-44(37)65-47(51-36)53-20-18-52(19-21-53)31-15-13-30(49)14-16-31)35-43(28(6)40(34)57)64-48(8,45(35)59)62-22-17-32(61-9)25(3)42(63-29(7)54)27(5)39(56)26(4)38(23)55/h10-17,22-23,25-27,32,38-39,42,55-58H,18-21H2,1-9H3,(H,50,60)/b11-10+,22-17+,24-12+/t23-,25+,26+,27+,32-,38-,39+,42+,48-/m0/s1. The molecule has 0 aliphatic carbocycles. The maximum Gasteiger partial charge on any atom is 0.312 e. The maximum atomic E-state index is 14.8. The molecule has 17 heteroatoms. The lowest BCUT2D eigenvalue weighted by atomic mass is 9.78. The van der Waals surface area contributed by atoms with E-state index in [4.69, 9.17) is 35.5 Å². The Morgan fingerprint density at radius 2 is 1.60 bits per heavy atom. The number of benzene rings is 3. The van der Waals surface area contributed by atoms with Gasteiger partial charge in [0.05, 0.1) is 45.7 Å². The van der Waals surface area contributed by atoms with Gasteiger partial charge < -0.3 is 54.5 Å². The molecule has 0 saturated carbocycles. The molecule has 3 aliphatic rings. The average molecular weight is 934 g/mol. The number of esters is 1. The van der Waals surface area contributed by atoms with Crippen molar-refractivity contribution in [2.45, 2.75) is 85.6 Å². The highest BCUT2D eigenvalue weighted by Crippen LogP contribution is 2.55. The zero-order chi connectivity index (χ0) is 47.2. The molecule has 1 amide bonds. The van der Waals surface area contributed by atoms with Crippen LogP contribution in [0.4, 0.5) is 16.5 Å². The van der Waals surface area contributed by atoms with Crippen molar-refractivity contribution in [2.75, 3.05) is 48.4 Å². The number of phenolic OH excluding ortho intramolecular Hbond substituents is 2. The number of ether oxygens (including phenoxy) is 4. The van der Waals surface area contributed by atoms with Crippen LogP contribution < -0.4 is 19.9 Å². The third kappa shape index (κ3) is 8.98. The van der Waals surface area contributed by atoms with Gasteiger partial charge in [-0.05, 0) is 44.2 Å². The van der Waals surface area contributed by atoms with Crippen molar-refractivity contribution in [2.24, 2.45) is 23.7 Å². The second-order valence-corrected chi connectivity index (χ2v) is 18.9. The third-order valence-electron chi connectivity index (χ3n) is 13.1. The first kappa shape index (κ1) is 47.6. The third-order valence-corrected chi connectivity index (χ3v) is 14.5. The fourth-order valence-electron chi connectivity index (χ4n) is 9.05. The molecular weight excluding hydrogens is 876 g/mol. The lowest BCUT2D eigenvalue weighted by Crippen LogP contribution is -2.46. The van der Waals surface area contributed by atoms with Crippen molar-refractivity contribution in [3.63, 3.8) is 0 Å². The molecular formula is C48H57ClN4O11S. The summed E-state index contributed by atoms with van der Waals surface area (Å²) in [5.41, 5.74) is 1.72. The number of phenols is 2. The number of anilines is 3. The summed E-state index contributed by atoms with van der Waals surface area (Å²) in [6.07, 6.45) is 3.91. The Hall–Kier alpha value is -5.39. The monoisotopic (exact) mass is 932 g/mol. The molecule has 348 valence electrons. The maximum absolute atomic E-state index is 14.8. The van der Waals surface area contributed by atoms with Crippen LogP contribution in [0.15, 0.2) is 60.4 Å². The number of methoxy groups -OCH3 is 1. The highest BCUT2D eigenvalue weighted by atomic mass is 35.5. The Balaban J connectivity index is 1.36. The number of Topliss-reactive ketones (excluding diaryl/α,β-unsaturated/α-hetero) is 1. The van der Waals surface area contributed by atoms with E-state index in [1.54, 1.807) is 65.8 Å². The van der Waals surface area contributed by atoms with Crippen molar-refractivity contribution in [3.05, 3.63) is 76.6 Å². The minimum Gasteiger partial charge on any atom is -0.507 e. The van der Waals surface area contributed by atoms with Crippen LogP contribution in [0.5, 0.6) is 17.2 Å². The van der Waals surface area contributed by atoms with E-state index in [1.165, 1.54) is 38.6 Å². The summed E-state index contributed by atoms with van der Waals surface area (Å²) >= 11 is 7.38. The zero-order valence-corrected chi connectivity index (χ0v) is 39.5. The number of rotatable bonds is 4. The van der Waals surface area contributed by atoms with Crippen LogP contribution in [0.1, 0.15) is 64.4 Å². The number of aliphatic hydroxyl groups excluding tert-OH is 2. The van der Waals surface area contributed by atoms with Gasteiger partial charge in [-0.3, -0.25) is 14.4 Å². The quantitative estimate of drug-likeness (QED) is 0.0988. The van der Waals surface area contributed by atoms with Crippen LogP contribution in [-0.2, 0) is 23.8 Å². The number of fused-ring (bicyclic) bond motifs is 1. The number of halogens is 1. The van der Waals surface area contributed by atoms with Crippen LogP contribution in [0.2, 0.25) is 5.02 Å². The molecule has 4 heterocycles. The second-order valence-electron chi connectivity index (χ2n) is 17.5. The van der Waals surface area contributed by atoms with Crippen LogP contribution >= 0.6 is 22.9 Å². The second kappa shape index (κ2) is 18.8. The molecule has 5 N–H and O–H groups in total. The van der Waals surface area contributed by atoms with E-state index in [1.807, 2.05) is 24.3 Å². The Labute approximate surface area is 386 Å². The summed E-state index contributed by atoms with van der Waals surface area (Å²) in [7, 11) is 1.46. The molecule has 9 atom stereocenters. The number of aliphatic hydroxyl groups is 2. The van der Waals surface area contributed by atoms with Crippen molar-refractivity contribution < 1.29 is 53.8 Å². The van der Waals surface area contributed by atoms with Crippen molar-refractivity contribution in [3.8, 4) is 17.2 Å². The number of hydrogen-bond donors (Lipinski definition) is 5. The van der Waals surface area contributed by atoms with E-state index in [-0.39, 0.29) is 50.2 Å². The number of piperazine rings is 1. The number of ketones is 1. The number of nitrogens with zero attached hydrogens (tertiary/aromatic N) is 3. The van der Waals surface area contributed by atoms with E-state index in [2.05, 4.69) is 15.1 Å². The number of nitrogens with one attached hydrogen (secondary N) is 1. The number of carbonyl (C=O) groups is 3. The van der Waals surface area contributed by atoms with E-state index in [0.717, 1.165) is 5.69 Å². The molecule has 1 fully saturated rings. The van der Waals surface area contributed by atoms with Crippen LogP contribution in [0.3, 0.4) is 0 Å². The van der Waals surface area contributed by atoms with Gasteiger partial charge in [-0.15, -0.1) is 0 Å². The Bertz CT molecular complexity index is 2590. The van der Waals surface area contributed by atoms with Gasteiger partial charge >= 0.3 is 11.8 Å². The molecule has 65 heavy (non-hydrogen) atoms. The smallest absolute Gasteiger partial charge is 0.312 e. The molecule has 1 saturated heterocycles. The van der Waals surface area contributed by atoms with Gasteiger partial charge in [-0.25, -0.2) is 4.98 Å². The number of aromatic nitrogens is 1. The van der Waals surface area contributed by atoms with Crippen molar-refractivity contribution >= 4 is 78.1 Å². The molecule has 0 spiro atoms. The summed E-state index contributed by atoms with van der Waals surface area (Å²) in [5, 5.41) is 51.2. The summed E-state index contributed by atoms with van der Waals surface area (Å²) in [6, 6.07) is 7.64. The lowest BCUT2D eigenvalue weighted by Gasteiger charge is -2.38. The average Bonchev–Trinajstić information content (AvgIpc) is 3.84. The summed E-state index contributed by atoms with van der Waals surface area (Å²) in [6.45, 7) is 15.4. The molecule has 0 unspecified atom stereocenters. The first-order valence-electron chi connectivity index (χ1n) is 21.7. The largest absolute Gasteiger partial charge is 0.507 e. The van der Waals surface area contributed by atoms with Crippen molar-refractivity contribution in [1.82, 2.24) is 4.98 Å².